The fraction of sp³-hybridized carbons (Fsp3) is 0.355. The van der Waals surface area contributed by atoms with Crippen LogP contribution in [0.3, 0.4) is 0 Å². The van der Waals surface area contributed by atoms with Gasteiger partial charge in [-0.3, -0.25) is 15.4 Å². The van der Waals surface area contributed by atoms with Crippen molar-refractivity contribution in [3.8, 4) is 0 Å². The summed E-state index contributed by atoms with van der Waals surface area (Å²) in [6.45, 7) is 9.24. The molecule has 0 bridgehead atoms. The normalized spacial score (nSPS) is 15.9. The summed E-state index contributed by atoms with van der Waals surface area (Å²) in [5, 5.41) is 15.1. The van der Waals surface area contributed by atoms with Gasteiger partial charge in [-0.15, -0.1) is 0 Å². The van der Waals surface area contributed by atoms with Gasteiger partial charge in [0, 0.05) is 46.6 Å². The van der Waals surface area contributed by atoms with E-state index in [0.717, 1.165) is 71.8 Å². The number of aromatic nitrogens is 2. The van der Waals surface area contributed by atoms with Gasteiger partial charge in [0.1, 0.15) is 23.0 Å². The maximum atomic E-state index is 12.6. The molecule has 6 N–H and O–H groups in total. The fourth-order valence-electron chi connectivity index (χ4n) is 5.32. The van der Waals surface area contributed by atoms with Crippen LogP contribution in [0.4, 0.5) is 16.6 Å². The molecule has 1 aliphatic heterocycles. The number of hydrogen-bond acceptors (Lipinski definition) is 8. The second-order valence-corrected chi connectivity index (χ2v) is 11.7. The van der Waals surface area contributed by atoms with Crippen LogP contribution in [0.5, 0.6) is 0 Å². The van der Waals surface area contributed by atoms with Crippen molar-refractivity contribution in [1.82, 2.24) is 19.6 Å². The number of carbonyl (C=O) groups is 1. The van der Waals surface area contributed by atoms with Crippen LogP contribution in [0.2, 0.25) is 0 Å². The lowest BCUT2D eigenvalue weighted by molar-refractivity contribution is 0.257. The first-order valence-electron chi connectivity index (χ1n) is 14.3. The summed E-state index contributed by atoms with van der Waals surface area (Å²) in [4.78, 5) is 25.1. The van der Waals surface area contributed by atoms with Gasteiger partial charge >= 0.3 is 6.03 Å². The predicted octanol–water partition coefficient (Wildman–Crippen LogP) is 5.71. The number of urea groups is 1. The molecule has 220 valence electrons. The lowest BCUT2D eigenvalue weighted by Gasteiger charge is -2.26. The van der Waals surface area contributed by atoms with Gasteiger partial charge in [-0.25, -0.2) is 9.78 Å². The van der Waals surface area contributed by atoms with Crippen LogP contribution < -0.4 is 21.1 Å². The Bertz CT molecular complexity index is 1550. The van der Waals surface area contributed by atoms with Crippen LogP contribution in [0.25, 0.3) is 11.0 Å². The lowest BCUT2D eigenvalue weighted by atomic mass is 9.94. The van der Waals surface area contributed by atoms with Crippen LogP contribution in [0, 0.1) is 25.2 Å². The molecule has 3 heterocycles. The molecule has 11 heteroatoms. The number of nitrogens with one attached hydrogen (secondary N) is 4. The number of amides is 2. The zero-order chi connectivity index (χ0) is 29.6. The minimum atomic E-state index is -0.388. The molecule has 0 spiro atoms. The average Bonchev–Trinajstić information content (AvgIpc) is 3.61. The SMILES string of the molecule is CCN1CCC(C(CCc2cc3cc(C(=N)N)ccc3o2)Nc2cc(C)nc(NC(=O)NSc3ccc(C)cc3)n2)C1. The Kier molecular flexibility index (Phi) is 9.28. The van der Waals surface area contributed by atoms with E-state index in [1.807, 2.05) is 68.4 Å². The number of nitrogen functional groups attached to an aromatic ring is 1. The van der Waals surface area contributed by atoms with Gasteiger partial charge in [0.15, 0.2) is 0 Å². The van der Waals surface area contributed by atoms with Crippen LogP contribution >= 0.6 is 11.9 Å². The topological polar surface area (TPSA) is 145 Å². The number of aryl methyl sites for hydroxylation is 3. The standard InChI is InChI=1S/C31H38N8O2S/c1-4-39-14-13-22(18-39)26(11-8-24-17-23-16-21(29(32)33)7-12-27(23)41-24)35-28-15-20(3)34-30(36-28)37-31(40)38-42-25-9-5-19(2)6-10-25/h5-7,9-10,12,15-17,22,26H,4,8,11,13-14,18H2,1-3H3,(H3,32,33)(H3,34,35,36,37,38,40). The molecule has 1 saturated heterocycles. The van der Waals surface area contributed by atoms with E-state index < -0.39 is 0 Å². The van der Waals surface area contributed by atoms with E-state index in [9.17, 15) is 4.79 Å². The fourth-order valence-corrected chi connectivity index (χ4v) is 5.85. The molecule has 0 radical (unpaired) electrons. The van der Waals surface area contributed by atoms with E-state index in [0.29, 0.717) is 17.3 Å². The highest BCUT2D eigenvalue weighted by Gasteiger charge is 2.29. The summed E-state index contributed by atoms with van der Waals surface area (Å²) >= 11 is 1.24. The van der Waals surface area contributed by atoms with E-state index in [2.05, 4.69) is 37.1 Å². The molecule has 2 aromatic heterocycles. The largest absolute Gasteiger partial charge is 0.461 e. The van der Waals surface area contributed by atoms with Gasteiger partial charge < -0.3 is 20.4 Å². The molecule has 2 atom stereocenters. The predicted molar refractivity (Wildman–Crippen MR) is 169 cm³/mol. The number of likely N-dealkylation sites (tertiary alicyclic amines) is 1. The number of fused-ring (bicyclic) bond motifs is 1. The van der Waals surface area contributed by atoms with E-state index in [4.69, 9.17) is 15.6 Å². The Morgan fingerprint density at radius 1 is 1.17 bits per heavy atom. The summed E-state index contributed by atoms with van der Waals surface area (Å²) in [5.41, 5.74) is 9.07. The van der Waals surface area contributed by atoms with Crippen molar-refractivity contribution in [2.45, 2.75) is 51.0 Å². The first-order valence-corrected chi connectivity index (χ1v) is 15.1. The van der Waals surface area contributed by atoms with Crippen molar-refractivity contribution >= 4 is 46.6 Å². The quantitative estimate of drug-likeness (QED) is 0.0854. The maximum absolute atomic E-state index is 12.6. The Balaban J connectivity index is 1.27. The maximum Gasteiger partial charge on any atom is 0.331 e. The Labute approximate surface area is 250 Å². The van der Waals surface area contributed by atoms with Crippen LogP contribution in [-0.4, -0.2) is 52.4 Å². The van der Waals surface area contributed by atoms with Crippen LogP contribution in [-0.2, 0) is 6.42 Å². The molecule has 2 aromatic carbocycles. The zero-order valence-electron chi connectivity index (χ0n) is 24.2. The molecule has 5 rings (SSSR count). The Morgan fingerprint density at radius 2 is 1.98 bits per heavy atom. The number of amidine groups is 1. The van der Waals surface area contributed by atoms with E-state index >= 15 is 0 Å². The number of benzene rings is 2. The van der Waals surface area contributed by atoms with Crippen molar-refractivity contribution < 1.29 is 9.21 Å². The number of furan rings is 1. The second-order valence-electron chi connectivity index (χ2n) is 10.8. The molecular formula is C31H38N8O2S. The summed E-state index contributed by atoms with van der Waals surface area (Å²) in [5.74, 6) is 2.31. The third kappa shape index (κ3) is 7.59. The Hall–Kier alpha value is -4.09. The molecule has 10 nitrogen and oxygen atoms in total. The number of carbonyl (C=O) groups excluding carboxylic acids is 1. The van der Waals surface area contributed by atoms with Gasteiger partial charge in [0.05, 0.1) is 0 Å². The molecule has 42 heavy (non-hydrogen) atoms. The Morgan fingerprint density at radius 3 is 2.71 bits per heavy atom. The van der Waals surface area contributed by atoms with E-state index in [-0.39, 0.29) is 23.9 Å². The van der Waals surface area contributed by atoms with Crippen molar-refractivity contribution in [3.05, 3.63) is 77.2 Å². The minimum absolute atomic E-state index is 0.0436. The first kappa shape index (κ1) is 29.4. The van der Waals surface area contributed by atoms with Crippen molar-refractivity contribution in [1.29, 1.82) is 5.41 Å². The van der Waals surface area contributed by atoms with E-state index in [1.165, 1.54) is 11.9 Å². The highest BCUT2D eigenvalue weighted by Crippen LogP contribution is 2.28. The highest BCUT2D eigenvalue weighted by atomic mass is 32.2. The number of rotatable bonds is 11. The summed E-state index contributed by atoms with van der Waals surface area (Å²) in [7, 11) is 0. The molecule has 1 aliphatic rings. The minimum Gasteiger partial charge on any atom is -0.461 e. The van der Waals surface area contributed by atoms with Crippen molar-refractivity contribution in [2.24, 2.45) is 11.7 Å². The van der Waals surface area contributed by atoms with Crippen molar-refractivity contribution in [3.63, 3.8) is 0 Å². The van der Waals surface area contributed by atoms with Gasteiger partial charge in [0.2, 0.25) is 5.95 Å². The third-order valence-electron chi connectivity index (χ3n) is 7.60. The average molecular weight is 587 g/mol. The summed E-state index contributed by atoms with van der Waals surface area (Å²) in [6.07, 6.45) is 2.70. The van der Waals surface area contributed by atoms with E-state index in [1.54, 1.807) is 0 Å². The second kappa shape index (κ2) is 13.3. The molecule has 4 aromatic rings. The summed E-state index contributed by atoms with van der Waals surface area (Å²) in [6, 6.07) is 17.2. The monoisotopic (exact) mass is 586 g/mol. The van der Waals surface area contributed by atoms with Crippen LogP contribution in [0.15, 0.2) is 63.9 Å². The number of nitrogens with two attached hydrogens (primary N) is 1. The van der Waals surface area contributed by atoms with Gasteiger partial charge in [-0.05, 0) is 94.0 Å². The molecule has 2 amide bonds. The van der Waals surface area contributed by atoms with Gasteiger partial charge in [-0.1, -0.05) is 24.6 Å². The number of nitrogens with zero attached hydrogens (tertiary/aromatic N) is 3. The van der Waals surface area contributed by atoms with Gasteiger partial charge in [0.25, 0.3) is 0 Å². The molecule has 2 unspecified atom stereocenters. The lowest BCUT2D eigenvalue weighted by Crippen LogP contribution is -2.33. The van der Waals surface area contributed by atoms with Crippen molar-refractivity contribution in [2.75, 3.05) is 30.3 Å². The molecule has 0 aliphatic carbocycles. The third-order valence-corrected chi connectivity index (χ3v) is 8.40. The van der Waals surface area contributed by atoms with Gasteiger partial charge in [-0.2, -0.15) is 4.98 Å². The molecular weight excluding hydrogens is 548 g/mol. The van der Waals surface area contributed by atoms with Crippen LogP contribution in [0.1, 0.15) is 42.3 Å². The zero-order valence-corrected chi connectivity index (χ0v) is 25.1. The first-order chi connectivity index (χ1) is 20.2. The number of hydrogen-bond donors (Lipinski definition) is 5. The molecule has 0 saturated carbocycles. The highest BCUT2D eigenvalue weighted by molar-refractivity contribution is 7.98. The molecule has 1 fully saturated rings. The smallest absolute Gasteiger partial charge is 0.331 e. The number of anilines is 2. The summed E-state index contributed by atoms with van der Waals surface area (Å²) < 4.78 is 8.91.